The van der Waals surface area contributed by atoms with Gasteiger partial charge in [-0.1, -0.05) is 42.3 Å². The third kappa shape index (κ3) is 3.81. The SMILES string of the molecule is CCN1CCN(c2ccc(-c3nc(-c4cccc(Cl)c4Cl)c[nH]3)cn2)CC1. The van der Waals surface area contributed by atoms with Crippen LogP contribution in [0, 0.1) is 0 Å². The summed E-state index contributed by atoms with van der Waals surface area (Å²) in [6.45, 7) is 7.51. The van der Waals surface area contributed by atoms with Crippen LogP contribution in [-0.4, -0.2) is 52.6 Å². The minimum Gasteiger partial charge on any atom is -0.354 e. The number of piperazine rings is 1. The summed E-state index contributed by atoms with van der Waals surface area (Å²) in [5.41, 5.74) is 2.51. The summed E-state index contributed by atoms with van der Waals surface area (Å²) in [5.74, 6) is 1.77. The van der Waals surface area contributed by atoms with Crippen LogP contribution in [0.4, 0.5) is 5.82 Å². The maximum Gasteiger partial charge on any atom is 0.139 e. The number of aromatic amines is 1. The molecule has 4 rings (SSSR count). The van der Waals surface area contributed by atoms with Gasteiger partial charge in [-0.05, 0) is 24.7 Å². The minimum absolute atomic E-state index is 0.511. The van der Waals surface area contributed by atoms with Gasteiger partial charge in [0, 0.05) is 49.7 Å². The molecule has 0 aliphatic carbocycles. The molecule has 1 saturated heterocycles. The van der Waals surface area contributed by atoms with Crippen LogP contribution >= 0.6 is 23.2 Å². The molecule has 1 aliphatic heterocycles. The molecule has 0 radical (unpaired) electrons. The van der Waals surface area contributed by atoms with Crippen LogP contribution in [0.15, 0.2) is 42.7 Å². The molecular formula is C20H21Cl2N5. The van der Waals surface area contributed by atoms with Crippen molar-refractivity contribution in [2.24, 2.45) is 0 Å². The quantitative estimate of drug-likeness (QED) is 0.694. The molecule has 1 aliphatic rings. The number of imidazole rings is 1. The fourth-order valence-electron chi connectivity index (χ4n) is 3.32. The van der Waals surface area contributed by atoms with Gasteiger partial charge in [0.25, 0.3) is 0 Å². The molecule has 7 heteroatoms. The number of hydrogen-bond donors (Lipinski definition) is 1. The van der Waals surface area contributed by atoms with Gasteiger partial charge >= 0.3 is 0 Å². The molecule has 1 fully saturated rings. The van der Waals surface area contributed by atoms with E-state index in [9.17, 15) is 0 Å². The van der Waals surface area contributed by atoms with E-state index in [1.807, 2.05) is 24.5 Å². The molecular weight excluding hydrogens is 381 g/mol. The molecule has 0 amide bonds. The van der Waals surface area contributed by atoms with Crippen LogP contribution < -0.4 is 4.90 Å². The van der Waals surface area contributed by atoms with Crippen LogP contribution in [0.1, 0.15) is 6.92 Å². The van der Waals surface area contributed by atoms with Crippen molar-refractivity contribution in [3.8, 4) is 22.6 Å². The van der Waals surface area contributed by atoms with E-state index in [4.69, 9.17) is 23.2 Å². The zero-order valence-electron chi connectivity index (χ0n) is 15.1. The highest BCUT2D eigenvalue weighted by Gasteiger charge is 2.17. The van der Waals surface area contributed by atoms with Crippen molar-refractivity contribution in [2.45, 2.75) is 6.92 Å². The molecule has 0 spiro atoms. The van der Waals surface area contributed by atoms with E-state index in [0.717, 1.165) is 61.2 Å². The Bertz CT molecular complexity index is 914. The molecule has 140 valence electrons. The van der Waals surface area contributed by atoms with Gasteiger partial charge in [-0.25, -0.2) is 9.97 Å². The first-order chi connectivity index (χ1) is 13.2. The minimum atomic E-state index is 0.511. The molecule has 0 unspecified atom stereocenters. The Hall–Kier alpha value is -2.08. The first-order valence-corrected chi connectivity index (χ1v) is 9.85. The standard InChI is InChI=1S/C20H21Cl2N5/c1-2-26-8-10-27(11-9-26)18-7-6-14(12-23-18)20-24-13-17(25-20)15-4-3-5-16(21)19(15)22/h3-7,12-13H,2,8-11H2,1H3,(H,24,25). The highest BCUT2D eigenvalue weighted by atomic mass is 35.5. The molecule has 2 aromatic heterocycles. The Morgan fingerprint density at radius 1 is 1.07 bits per heavy atom. The van der Waals surface area contributed by atoms with Crippen molar-refractivity contribution < 1.29 is 0 Å². The number of hydrogen-bond acceptors (Lipinski definition) is 4. The Morgan fingerprint density at radius 2 is 1.89 bits per heavy atom. The molecule has 3 heterocycles. The normalized spacial score (nSPS) is 15.3. The van der Waals surface area contributed by atoms with E-state index in [-0.39, 0.29) is 0 Å². The van der Waals surface area contributed by atoms with Crippen LogP contribution in [0.25, 0.3) is 22.6 Å². The average Bonchev–Trinajstić information content (AvgIpc) is 3.20. The third-order valence-electron chi connectivity index (χ3n) is 4.97. The number of aromatic nitrogens is 3. The Balaban J connectivity index is 1.52. The first-order valence-electron chi connectivity index (χ1n) is 9.09. The molecule has 1 N–H and O–H groups in total. The maximum absolute atomic E-state index is 6.30. The molecule has 1 aromatic carbocycles. The first kappa shape index (κ1) is 18.3. The summed E-state index contributed by atoms with van der Waals surface area (Å²) in [6.07, 6.45) is 3.70. The average molecular weight is 402 g/mol. The number of anilines is 1. The Morgan fingerprint density at radius 3 is 2.59 bits per heavy atom. The highest BCUT2D eigenvalue weighted by Crippen LogP contribution is 2.33. The van der Waals surface area contributed by atoms with Gasteiger partial charge in [0.05, 0.1) is 15.7 Å². The van der Waals surface area contributed by atoms with Crippen LogP contribution in [0.2, 0.25) is 10.0 Å². The summed E-state index contributed by atoms with van der Waals surface area (Å²) in [5, 5.41) is 1.03. The van der Waals surface area contributed by atoms with Gasteiger partial charge < -0.3 is 14.8 Å². The van der Waals surface area contributed by atoms with E-state index < -0.39 is 0 Å². The lowest BCUT2D eigenvalue weighted by molar-refractivity contribution is 0.270. The zero-order valence-corrected chi connectivity index (χ0v) is 16.6. The lowest BCUT2D eigenvalue weighted by Gasteiger charge is -2.34. The van der Waals surface area contributed by atoms with Crippen molar-refractivity contribution >= 4 is 29.0 Å². The van der Waals surface area contributed by atoms with Gasteiger partial charge in [0.2, 0.25) is 0 Å². The number of halogens is 2. The Kier molecular flexibility index (Phi) is 5.34. The summed E-state index contributed by atoms with van der Waals surface area (Å²) in [4.78, 5) is 17.3. The van der Waals surface area contributed by atoms with Gasteiger partial charge in [-0.3, -0.25) is 0 Å². The summed E-state index contributed by atoms with van der Waals surface area (Å²) in [7, 11) is 0. The highest BCUT2D eigenvalue weighted by molar-refractivity contribution is 6.43. The molecule has 0 saturated carbocycles. The van der Waals surface area contributed by atoms with Crippen LogP contribution in [-0.2, 0) is 0 Å². The van der Waals surface area contributed by atoms with Crippen LogP contribution in [0.3, 0.4) is 0 Å². The van der Waals surface area contributed by atoms with Crippen LogP contribution in [0.5, 0.6) is 0 Å². The van der Waals surface area contributed by atoms with Gasteiger partial charge in [-0.2, -0.15) is 0 Å². The summed E-state index contributed by atoms with van der Waals surface area (Å²) >= 11 is 12.4. The summed E-state index contributed by atoms with van der Waals surface area (Å²) in [6, 6.07) is 9.66. The second-order valence-electron chi connectivity index (χ2n) is 6.56. The number of likely N-dealkylation sites (N-methyl/N-ethyl adjacent to an activating group) is 1. The Labute approximate surface area is 169 Å². The largest absolute Gasteiger partial charge is 0.354 e. The second-order valence-corrected chi connectivity index (χ2v) is 7.35. The lowest BCUT2D eigenvalue weighted by atomic mass is 10.2. The number of pyridine rings is 1. The lowest BCUT2D eigenvalue weighted by Crippen LogP contribution is -2.46. The second kappa shape index (κ2) is 7.89. The predicted octanol–water partition coefficient (Wildman–Crippen LogP) is 4.59. The molecule has 5 nitrogen and oxygen atoms in total. The fraction of sp³-hybridized carbons (Fsp3) is 0.300. The molecule has 0 atom stereocenters. The van der Waals surface area contributed by atoms with Crippen molar-refractivity contribution in [3.05, 3.63) is 52.8 Å². The third-order valence-corrected chi connectivity index (χ3v) is 5.79. The molecule has 27 heavy (non-hydrogen) atoms. The topological polar surface area (TPSA) is 48.0 Å². The van der Waals surface area contributed by atoms with E-state index in [1.165, 1.54) is 0 Å². The number of nitrogens with zero attached hydrogens (tertiary/aromatic N) is 4. The number of H-pyrrole nitrogens is 1. The smallest absolute Gasteiger partial charge is 0.139 e. The van der Waals surface area contributed by atoms with Crippen molar-refractivity contribution in [3.63, 3.8) is 0 Å². The zero-order chi connectivity index (χ0) is 18.8. The van der Waals surface area contributed by atoms with Crippen molar-refractivity contribution in [2.75, 3.05) is 37.6 Å². The number of nitrogens with one attached hydrogen (secondary N) is 1. The van der Waals surface area contributed by atoms with Crippen molar-refractivity contribution in [1.82, 2.24) is 19.9 Å². The van der Waals surface area contributed by atoms with E-state index in [1.54, 1.807) is 6.07 Å². The monoisotopic (exact) mass is 401 g/mol. The number of benzene rings is 1. The summed E-state index contributed by atoms with van der Waals surface area (Å²) < 4.78 is 0. The fourth-order valence-corrected chi connectivity index (χ4v) is 3.71. The van der Waals surface area contributed by atoms with E-state index in [0.29, 0.717) is 10.0 Å². The maximum atomic E-state index is 6.30. The predicted molar refractivity (Wildman–Crippen MR) is 112 cm³/mol. The molecule has 3 aromatic rings. The van der Waals surface area contributed by atoms with E-state index in [2.05, 4.69) is 43.8 Å². The van der Waals surface area contributed by atoms with Gasteiger partial charge in [0.15, 0.2) is 0 Å². The van der Waals surface area contributed by atoms with Gasteiger partial charge in [0.1, 0.15) is 11.6 Å². The van der Waals surface area contributed by atoms with Gasteiger partial charge in [-0.15, -0.1) is 0 Å². The molecule has 0 bridgehead atoms. The van der Waals surface area contributed by atoms with Crippen molar-refractivity contribution in [1.29, 1.82) is 0 Å². The number of rotatable bonds is 4. The van der Waals surface area contributed by atoms with E-state index >= 15 is 0 Å².